The number of methoxy groups -OCH3 is 1. The van der Waals surface area contributed by atoms with E-state index in [1.54, 1.807) is 54.9 Å². The Hall–Kier alpha value is -4.90. The van der Waals surface area contributed by atoms with Crippen LogP contribution >= 0.6 is 0 Å². The minimum atomic E-state index is -0.504. The second kappa shape index (κ2) is 10.1. The highest BCUT2D eigenvalue weighted by atomic mass is 16.5. The quantitative estimate of drug-likeness (QED) is 0.438. The number of nitrogens with zero attached hydrogens (tertiary/aromatic N) is 2. The molecule has 0 aliphatic rings. The van der Waals surface area contributed by atoms with Crippen LogP contribution < -0.4 is 20.3 Å². The summed E-state index contributed by atoms with van der Waals surface area (Å²) in [6.07, 6.45) is 3.26. The van der Waals surface area contributed by atoms with Crippen LogP contribution in [0.5, 0.6) is 11.5 Å². The molecule has 2 N–H and O–H groups in total. The summed E-state index contributed by atoms with van der Waals surface area (Å²) >= 11 is 0. The molecule has 0 unspecified atom stereocenters. The van der Waals surface area contributed by atoms with Crippen molar-refractivity contribution in [2.75, 3.05) is 19.0 Å². The van der Waals surface area contributed by atoms with Gasteiger partial charge in [0.2, 0.25) is 0 Å². The summed E-state index contributed by atoms with van der Waals surface area (Å²) in [5, 5.41) is 12.3. The number of rotatable bonds is 7. The molecule has 8 heteroatoms. The predicted octanol–water partition coefficient (Wildman–Crippen LogP) is 4.00. The second-order valence-corrected chi connectivity index (χ2v) is 7.22. The molecule has 1 amide bonds. The number of aromatic nitrogens is 2. The van der Waals surface area contributed by atoms with Crippen molar-refractivity contribution in [1.29, 1.82) is 5.26 Å². The van der Waals surface area contributed by atoms with Crippen molar-refractivity contribution in [3.63, 3.8) is 0 Å². The van der Waals surface area contributed by atoms with Crippen LogP contribution in [0, 0.1) is 11.3 Å². The smallest absolute Gasteiger partial charge is 0.266 e. The summed E-state index contributed by atoms with van der Waals surface area (Å²) < 4.78 is 11.1. The van der Waals surface area contributed by atoms with E-state index in [1.807, 2.05) is 30.3 Å². The molecule has 4 aromatic rings. The Labute approximate surface area is 195 Å². The third-order valence-electron chi connectivity index (χ3n) is 5.01. The van der Waals surface area contributed by atoms with Crippen LogP contribution in [0.3, 0.4) is 0 Å². The average molecular weight is 452 g/mol. The lowest BCUT2D eigenvalue weighted by atomic mass is 9.99. The Morgan fingerprint density at radius 1 is 1.06 bits per heavy atom. The zero-order chi connectivity index (χ0) is 23.9. The Balaban J connectivity index is 1.61. The summed E-state index contributed by atoms with van der Waals surface area (Å²) in [6.45, 7) is -0.218. The van der Waals surface area contributed by atoms with Gasteiger partial charge >= 0.3 is 0 Å². The molecule has 34 heavy (non-hydrogen) atoms. The minimum Gasteiger partial charge on any atom is -0.493 e. The summed E-state index contributed by atoms with van der Waals surface area (Å²) in [6, 6.07) is 21.3. The van der Waals surface area contributed by atoms with E-state index < -0.39 is 5.56 Å². The average Bonchev–Trinajstić information content (AvgIpc) is 2.88. The number of nitrogens with one attached hydrogen (secondary N) is 2. The van der Waals surface area contributed by atoms with Crippen LogP contribution in [0.1, 0.15) is 5.56 Å². The van der Waals surface area contributed by atoms with Crippen molar-refractivity contribution < 1.29 is 14.3 Å². The van der Waals surface area contributed by atoms with E-state index in [0.717, 1.165) is 0 Å². The van der Waals surface area contributed by atoms with Crippen LogP contribution in [0.2, 0.25) is 0 Å². The minimum absolute atomic E-state index is 0.0226. The van der Waals surface area contributed by atoms with Gasteiger partial charge in [0.05, 0.1) is 12.8 Å². The van der Waals surface area contributed by atoms with Gasteiger partial charge < -0.3 is 19.8 Å². The first-order valence-corrected chi connectivity index (χ1v) is 10.3. The van der Waals surface area contributed by atoms with Gasteiger partial charge in [-0.1, -0.05) is 24.3 Å². The van der Waals surface area contributed by atoms with Crippen LogP contribution in [0.25, 0.3) is 22.4 Å². The fourth-order valence-corrected chi connectivity index (χ4v) is 3.39. The van der Waals surface area contributed by atoms with Crippen molar-refractivity contribution in [3.05, 3.63) is 95.0 Å². The largest absolute Gasteiger partial charge is 0.493 e. The fraction of sp³-hybridized carbons (Fsp3) is 0.0769. The number of aromatic amines is 1. The van der Waals surface area contributed by atoms with E-state index in [2.05, 4.69) is 15.3 Å². The number of hydrogen-bond acceptors (Lipinski definition) is 6. The first kappa shape index (κ1) is 22.3. The normalized spacial score (nSPS) is 10.2. The molecule has 0 saturated carbocycles. The van der Waals surface area contributed by atoms with Gasteiger partial charge in [0, 0.05) is 29.2 Å². The first-order valence-electron chi connectivity index (χ1n) is 10.3. The number of pyridine rings is 2. The zero-order valence-corrected chi connectivity index (χ0v) is 18.2. The number of H-pyrrole nitrogens is 1. The summed E-state index contributed by atoms with van der Waals surface area (Å²) in [4.78, 5) is 31.6. The number of anilines is 1. The highest BCUT2D eigenvalue weighted by molar-refractivity contribution is 5.91. The van der Waals surface area contributed by atoms with Gasteiger partial charge in [0.15, 0.2) is 18.1 Å². The highest BCUT2D eigenvalue weighted by Crippen LogP contribution is 2.34. The third-order valence-corrected chi connectivity index (χ3v) is 5.01. The molecule has 8 nitrogen and oxygen atoms in total. The highest BCUT2D eigenvalue weighted by Gasteiger charge is 2.16. The summed E-state index contributed by atoms with van der Waals surface area (Å²) in [7, 11) is 1.47. The molecule has 4 rings (SSSR count). The van der Waals surface area contributed by atoms with Crippen molar-refractivity contribution in [2.24, 2.45) is 0 Å². The molecule has 0 radical (unpaired) electrons. The zero-order valence-electron chi connectivity index (χ0n) is 18.2. The number of benzene rings is 2. The Morgan fingerprint density at radius 2 is 1.88 bits per heavy atom. The van der Waals surface area contributed by atoms with Gasteiger partial charge in [-0.25, -0.2) is 0 Å². The number of hydrogen-bond donors (Lipinski definition) is 2. The number of nitriles is 1. The van der Waals surface area contributed by atoms with E-state index in [9.17, 15) is 14.9 Å². The standard InChI is InChI=1S/C26H20N4O4/c1-33-24-12-17(9-10-23(24)34-16-25(31)29-19-7-3-2-4-8-19)20-13-22(18-6-5-11-28-15-18)30-26(32)21(20)14-27/h2-13,15H,16H2,1H3,(H,29,31)(H,30,32). The van der Waals surface area contributed by atoms with Crippen molar-refractivity contribution in [3.8, 4) is 40.0 Å². The number of para-hydroxylation sites is 1. The Kier molecular flexibility index (Phi) is 6.65. The second-order valence-electron chi connectivity index (χ2n) is 7.22. The summed E-state index contributed by atoms with van der Waals surface area (Å²) in [5.74, 6) is 0.391. The maximum absolute atomic E-state index is 12.6. The molecular weight excluding hydrogens is 432 g/mol. The van der Waals surface area contributed by atoms with E-state index in [1.165, 1.54) is 7.11 Å². The molecule has 2 heterocycles. The number of amides is 1. The monoisotopic (exact) mass is 452 g/mol. The lowest BCUT2D eigenvalue weighted by molar-refractivity contribution is -0.118. The lowest BCUT2D eigenvalue weighted by Gasteiger charge is -2.13. The van der Waals surface area contributed by atoms with Crippen molar-refractivity contribution in [1.82, 2.24) is 9.97 Å². The van der Waals surface area contributed by atoms with Gasteiger partial charge in [0.1, 0.15) is 11.6 Å². The van der Waals surface area contributed by atoms with Crippen molar-refractivity contribution >= 4 is 11.6 Å². The van der Waals surface area contributed by atoms with Gasteiger partial charge in [0.25, 0.3) is 11.5 Å². The number of ether oxygens (including phenoxy) is 2. The molecule has 0 aliphatic carbocycles. The van der Waals surface area contributed by atoms with Crippen LogP contribution in [-0.2, 0) is 4.79 Å². The molecule has 2 aromatic carbocycles. The molecule has 0 bridgehead atoms. The molecule has 2 aromatic heterocycles. The van der Waals surface area contributed by atoms with Crippen LogP contribution in [-0.4, -0.2) is 29.6 Å². The van der Waals surface area contributed by atoms with Crippen molar-refractivity contribution in [2.45, 2.75) is 0 Å². The van der Waals surface area contributed by atoms with Crippen LogP contribution in [0.4, 0.5) is 5.69 Å². The molecule has 168 valence electrons. The third kappa shape index (κ3) is 4.95. The molecule has 0 spiro atoms. The van der Waals surface area contributed by atoms with Crippen LogP contribution in [0.15, 0.2) is 83.9 Å². The fourth-order valence-electron chi connectivity index (χ4n) is 3.39. The SMILES string of the molecule is COc1cc(-c2cc(-c3cccnc3)[nH]c(=O)c2C#N)ccc1OCC(=O)Nc1ccccc1. The van der Waals surface area contributed by atoms with E-state index in [-0.39, 0.29) is 18.1 Å². The lowest BCUT2D eigenvalue weighted by Crippen LogP contribution is -2.20. The molecular formula is C26H20N4O4. The molecule has 0 atom stereocenters. The molecule has 0 saturated heterocycles. The van der Waals surface area contributed by atoms with E-state index >= 15 is 0 Å². The predicted molar refractivity (Wildman–Crippen MR) is 128 cm³/mol. The van der Waals surface area contributed by atoms with Gasteiger partial charge in [-0.3, -0.25) is 14.6 Å². The molecule has 0 aliphatic heterocycles. The Morgan fingerprint density at radius 3 is 2.59 bits per heavy atom. The van der Waals surface area contributed by atoms with Gasteiger partial charge in [-0.05, 0) is 48.0 Å². The first-order chi connectivity index (χ1) is 16.6. The Bertz CT molecular complexity index is 1410. The maximum atomic E-state index is 12.6. The van der Waals surface area contributed by atoms with E-state index in [4.69, 9.17) is 9.47 Å². The van der Waals surface area contributed by atoms with Gasteiger partial charge in [-0.2, -0.15) is 5.26 Å². The number of carbonyl (C=O) groups is 1. The molecule has 0 fully saturated rings. The number of carbonyl (C=O) groups excluding carboxylic acids is 1. The maximum Gasteiger partial charge on any atom is 0.266 e. The van der Waals surface area contributed by atoms with E-state index in [0.29, 0.717) is 39.6 Å². The van der Waals surface area contributed by atoms with Gasteiger partial charge in [-0.15, -0.1) is 0 Å². The topological polar surface area (TPSA) is 117 Å². The summed E-state index contributed by atoms with van der Waals surface area (Å²) in [5.41, 5.74) is 2.41.